The maximum absolute atomic E-state index is 13.0. The third-order valence-electron chi connectivity index (χ3n) is 5.34. The number of hydrogen-bond donors (Lipinski definition) is 0. The standard InChI is InChI=1S/C25H22N2O4/c1-2-29-21-6-4-3-5-18(21)13-23-24(28)19-7-8-22-20(25(19)31-23)15-27(16-30-22)14-17-9-11-26-12-10-17/h3-13H,2,14-16H2,1H3/b23-13-. The fourth-order valence-corrected chi connectivity index (χ4v) is 3.88. The summed E-state index contributed by atoms with van der Waals surface area (Å²) in [6.07, 6.45) is 5.31. The Balaban J connectivity index is 1.43. The average molecular weight is 414 g/mol. The Labute approximate surface area is 180 Å². The van der Waals surface area contributed by atoms with Gasteiger partial charge in [-0.25, -0.2) is 0 Å². The molecule has 6 heteroatoms. The molecule has 0 N–H and O–H groups in total. The predicted molar refractivity (Wildman–Crippen MR) is 116 cm³/mol. The van der Waals surface area contributed by atoms with Crippen LogP contribution in [0.5, 0.6) is 17.2 Å². The van der Waals surface area contributed by atoms with Crippen molar-refractivity contribution in [3.05, 3.63) is 88.9 Å². The summed E-state index contributed by atoms with van der Waals surface area (Å²) in [5.41, 5.74) is 3.42. The van der Waals surface area contributed by atoms with Crippen LogP contribution in [0.15, 0.2) is 66.7 Å². The van der Waals surface area contributed by atoms with Crippen molar-refractivity contribution in [3.63, 3.8) is 0 Å². The molecule has 3 heterocycles. The van der Waals surface area contributed by atoms with E-state index < -0.39 is 0 Å². The van der Waals surface area contributed by atoms with E-state index in [2.05, 4.69) is 9.88 Å². The fraction of sp³-hybridized carbons (Fsp3) is 0.200. The van der Waals surface area contributed by atoms with Crippen LogP contribution in [0.2, 0.25) is 0 Å². The lowest BCUT2D eigenvalue weighted by molar-refractivity contribution is 0.0872. The molecule has 2 aliphatic rings. The molecule has 0 unspecified atom stereocenters. The van der Waals surface area contributed by atoms with E-state index >= 15 is 0 Å². The zero-order valence-electron chi connectivity index (χ0n) is 17.2. The van der Waals surface area contributed by atoms with Crippen LogP contribution in [-0.4, -0.2) is 29.0 Å². The van der Waals surface area contributed by atoms with Gasteiger partial charge in [-0.3, -0.25) is 14.7 Å². The molecule has 0 atom stereocenters. The number of carbonyl (C=O) groups is 1. The van der Waals surface area contributed by atoms with E-state index in [4.69, 9.17) is 14.2 Å². The molecule has 0 saturated carbocycles. The smallest absolute Gasteiger partial charge is 0.231 e. The summed E-state index contributed by atoms with van der Waals surface area (Å²) in [7, 11) is 0. The van der Waals surface area contributed by atoms with Crippen LogP contribution in [0.1, 0.15) is 34.0 Å². The van der Waals surface area contributed by atoms with Crippen LogP contribution in [-0.2, 0) is 13.1 Å². The Morgan fingerprint density at radius 3 is 2.81 bits per heavy atom. The molecular weight excluding hydrogens is 392 g/mol. The van der Waals surface area contributed by atoms with Gasteiger partial charge in [0.15, 0.2) is 5.76 Å². The normalized spacial score (nSPS) is 16.4. The van der Waals surface area contributed by atoms with Crippen LogP contribution in [0.25, 0.3) is 6.08 Å². The largest absolute Gasteiger partial charge is 0.493 e. The van der Waals surface area contributed by atoms with E-state index in [1.807, 2.05) is 49.4 Å². The summed E-state index contributed by atoms with van der Waals surface area (Å²) < 4.78 is 17.7. The number of aromatic nitrogens is 1. The first kappa shape index (κ1) is 19.3. The Morgan fingerprint density at radius 1 is 1.13 bits per heavy atom. The van der Waals surface area contributed by atoms with Crippen molar-refractivity contribution in [2.24, 2.45) is 0 Å². The summed E-state index contributed by atoms with van der Waals surface area (Å²) in [4.78, 5) is 19.3. The molecule has 6 nitrogen and oxygen atoms in total. The van der Waals surface area contributed by atoms with Crippen molar-refractivity contribution < 1.29 is 19.0 Å². The van der Waals surface area contributed by atoms with Gasteiger partial charge in [-0.2, -0.15) is 0 Å². The first-order valence-corrected chi connectivity index (χ1v) is 10.3. The number of pyridine rings is 1. The van der Waals surface area contributed by atoms with Crippen LogP contribution in [0.3, 0.4) is 0 Å². The number of ether oxygens (including phenoxy) is 3. The molecule has 0 saturated heterocycles. The molecule has 5 rings (SSSR count). The number of allylic oxidation sites excluding steroid dienone is 1. The van der Waals surface area contributed by atoms with Crippen molar-refractivity contribution in [2.75, 3.05) is 13.3 Å². The number of carbonyl (C=O) groups excluding carboxylic acids is 1. The first-order chi connectivity index (χ1) is 15.2. The highest BCUT2D eigenvalue weighted by atomic mass is 16.5. The number of benzene rings is 2. The number of hydrogen-bond acceptors (Lipinski definition) is 6. The molecule has 2 aliphatic heterocycles. The van der Waals surface area contributed by atoms with E-state index in [1.54, 1.807) is 24.5 Å². The molecule has 0 bridgehead atoms. The molecule has 0 aliphatic carbocycles. The molecule has 3 aromatic rings. The van der Waals surface area contributed by atoms with E-state index in [0.717, 1.165) is 34.7 Å². The quantitative estimate of drug-likeness (QED) is 0.575. The van der Waals surface area contributed by atoms with Crippen molar-refractivity contribution in [1.29, 1.82) is 0 Å². The number of Topliss-reactive ketones (excluding diaryl/α,β-unsaturated/α-hetero) is 1. The van der Waals surface area contributed by atoms with E-state index in [0.29, 0.717) is 37.0 Å². The predicted octanol–water partition coefficient (Wildman–Crippen LogP) is 4.45. The minimum Gasteiger partial charge on any atom is -0.493 e. The van der Waals surface area contributed by atoms with Gasteiger partial charge in [0.05, 0.1) is 17.7 Å². The molecule has 2 aromatic carbocycles. The van der Waals surface area contributed by atoms with E-state index in [9.17, 15) is 4.79 Å². The van der Waals surface area contributed by atoms with Crippen LogP contribution in [0, 0.1) is 0 Å². The zero-order valence-corrected chi connectivity index (χ0v) is 17.2. The van der Waals surface area contributed by atoms with Gasteiger partial charge in [-0.1, -0.05) is 18.2 Å². The summed E-state index contributed by atoms with van der Waals surface area (Å²) in [5, 5.41) is 0. The second-order valence-corrected chi connectivity index (χ2v) is 7.45. The molecule has 0 radical (unpaired) electrons. The summed E-state index contributed by atoms with van der Waals surface area (Å²) in [6.45, 7) is 4.32. The second kappa shape index (κ2) is 8.24. The lowest BCUT2D eigenvalue weighted by Crippen LogP contribution is -2.31. The van der Waals surface area contributed by atoms with E-state index in [1.165, 1.54) is 0 Å². The Morgan fingerprint density at radius 2 is 1.97 bits per heavy atom. The van der Waals surface area contributed by atoms with Gasteiger partial charge in [0.1, 0.15) is 24.0 Å². The Bertz CT molecular complexity index is 1160. The van der Waals surface area contributed by atoms with Gasteiger partial charge in [-0.05, 0) is 48.9 Å². The molecular formula is C25H22N2O4. The summed E-state index contributed by atoms with van der Waals surface area (Å²) in [5.74, 6) is 2.23. The Hall–Kier alpha value is -3.64. The van der Waals surface area contributed by atoms with Crippen molar-refractivity contribution in [2.45, 2.75) is 20.0 Å². The lowest BCUT2D eigenvalue weighted by atomic mass is 10.0. The molecule has 0 amide bonds. The maximum Gasteiger partial charge on any atom is 0.231 e. The highest BCUT2D eigenvalue weighted by Crippen LogP contribution is 2.42. The SMILES string of the molecule is CCOc1ccccc1/C=C1\Oc2c(ccc3c2CN(Cc2ccncc2)CO3)C1=O. The highest BCUT2D eigenvalue weighted by molar-refractivity contribution is 6.15. The van der Waals surface area contributed by atoms with Crippen LogP contribution in [0.4, 0.5) is 0 Å². The van der Waals surface area contributed by atoms with Gasteiger partial charge in [0.25, 0.3) is 0 Å². The summed E-state index contributed by atoms with van der Waals surface area (Å²) in [6, 6.07) is 15.2. The van der Waals surface area contributed by atoms with Crippen molar-refractivity contribution in [1.82, 2.24) is 9.88 Å². The third-order valence-corrected chi connectivity index (χ3v) is 5.34. The van der Waals surface area contributed by atoms with Crippen molar-refractivity contribution >= 4 is 11.9 Å². The number of fused-ring (bicyclic) bond motifs is 3. The van der Waals surface area contributed by atoms with Crippen LogP contribution >= 0.6 is 0 Å². The number of ketones is 1. The van der Waals surface area contributed by atoms with Gasteiger partial charge >= 0.3 is 0 Å². The Kier molecular flexibility index (Phi) is 5.14. The monoisotopic (exact) mass is 414 g/mol. The third kappa shape index (κ3) is 3.78. The minimum absolute atomic E-state index is 0.129. The van der Waals surface area contributed by atoms with E-state index in [-0.39, 0.29) is 5.78 Å². The minimum atomic E-state index is -0.129. The highest BCUT2D eigenvalue weighted by Gasteiger charge is 2.33. The molecule has 0 fully saturated rings. The van der Waals surface area contributed by atoms with Crippen LogP contribution < -0.4 is 14.2 Å². The maximum atomic E-state index is 13.0. The first-order valence-electron chi connectivity index (χ1n) is 10.3. The number of rotatable bonds is 5. The molecule has 156 valence electrons. The van der Waals surface area contributed by atoms with Gasteiger partial charge in [-0.15, -0.1) is 0 Å². The molecule has 31 heavy (non-hydrogen) atoms. The topological polar surface area (TPSA) is 60.9 Å². The van der Waals surface area contributed by atoms with Crippen molar-refractivity contribution in [3.8, 4) is 17.2 Å². The number of nitrogens with zero attached hydrogens (tertiary/aromatic N) is 2. The summed E-state index contributed by atoms with van der Waals surface area (Å²) >= 11 is 0. The second-order valence-electron chi connectivity index (χ2n) is 7.45. The zero-order chi connectivity index (χ0) is 21.2. The average Bonchev–Trinajstić information content (AvgIpc) is 3.12. The van der Waals surface area contributed by atoms with Gasteiger partial charge in [0, 0.05) is 31.0 Å². The van der Waals surface area contributed by atoms with Gasteiger partial charge < -0.3 is 14.2 Å². The molecule has 1 aromatic heterocycles. The van der Waals surface area contributed by atoms with Gasteiger partial charge in [0.2, 0.25) is 5.78 Å². The lowest BCUT2D eigenvalue weighted by Gasteiger charge is -2.29. The fourth-order valence-electron chi connectivity index (χ4n) is 3.88. The molecule has 0 spiro atoms. The number of para-hydroxylation sites is 1.